The summed E-state index contributed by atoms with van der Waals surface area (Å²) in [7, 11) is -6.07. The van der Waals surface area contributed by atoms with E-state index in [0.717, 1.165) is 19.3 Å². The van der Waals surface area contributed by atoms with Gasteiger partial charge < -0.3 is 9.29 Å². The SMILES string of the molecule is CC(C)C12CC3CC(CC(OC(=O)C(F)(F)S(=O)(=O)[O-])(C3)C1)C2. The van der Waals surface area contributed by atoms with E-state index in [0.29, 0.717) is 37.0 Å². The molecule has 0 spiro atoms. The fourth-order valence-corrected chi connectivity index (χ4v) is 5.65. The van der Waals surface area contributed by atoms with Crippen molar-refractivity contribution >= 4 is 16.1 Å². The molecule has 5 nitrogen and oxygen atoms in total. The molecule has 0 aromatic rings. The van der Waals surface area contributed by atoms with Crippen LogP contribution in [0.4, 0.5) is 8.78 Å². The fraction of sp³-hybridized carbons (Fsp3) is 0.933. The summed E-state index contributed by atoms with van der Waals surface area (Å²) in [5.41, 5.74) is -1.09. The van der Waals surface area contributed by atoms with Crippen molar-refractivity contribution in [1.82, 2.24) is 0 Å². The molecule has 4 aliphatic rings. The van der Waals surface area contributed by atoms with E-state index in [-0.39, 0.29) is 5.41 Å². The Hall–Kier alpha value is -0.760. The van der Waals surface area contributed by atoms with E-state index in [1.54, 1.807) is 0 Å². The standard InChI is InChI=1S/C15H22F2O5S/c1-9(2)13-4-10-3-11(5-13)7-14(6-10,8-13)22-12(18)15(16,17)23(19,20)21/h9-11H,3-8H2,1-2H3,(H,19,20,21)/p-1. The summed E-state index contributed by atoms with van der Waals surface area (Å²) in [5, 5.41) is -5.03. The van der Waals surface area contributed by atoms with Crippen LogP contribution in [0.2, 0.25) is 0 Å². The number of hydrogen-bond donors (Lipinski definition) is 0. The van der Waals surface area contributed by atoms with Gasteiger partial charge in [-0.3, -0.25) is 0 Å². The minimum Gasteiger partial charge on any atom is -0.743 e. The van der Waals surface area contributed by atoms with Gasteiger partial charge in [-0.05, 0) is 61.7 Å². The largest absolute Gasteiger partial charge is 0.743 e. The van der Waals surface area contributed by atoms with E-state index in [4.69, 9.17) is 4.74 Å². The molecule has 2 unspecified atom stereocenters. The van der Waals surface area contributed by atoms with Gasteiger partial charge >= 0.3 is 11.2 Å². The molecule has 0 aliphatic heterocycles. The van der Waals surface area contributed by atoms with Crippen molar-refractivity contribution in [2.24, 2.45) is 23.2 Å². The smallest absolute Gasteiger partial charge is 0.428 e. The van der Waals surface area contributed by atoms with E-state index in [2.05, 4.69) is 13.8 Å². The van der Waals surface area contributed by atoms with Crippen LogP contribution >= 0.6 is 0 Å². The molecular weight excluding hydrogens is 330 g/mol. The summed E-state index contributed by atoms with van der Waals surface area (Å²) >= 11 is 0. The zero-order chi connectivity index (χ0) is 17.3. The van der Waals surface area contributed by atoms with Crippen LogP contribution in [0.5, 0.6) is 0 Å². The second-order valence-corrected chi connectivity index (χ2v) is 9.44. The minimum absolute atomic E-state index is 0.0456. The molecule has 4 rings (SSSR count). The maximum absolute atomic E-state index is 13.5. The van der Waals surface area contributed by atoms with Crippen LogP contribution in [0.3, 0.4) is 0 Å². The Morgan fingerprint density at radius 3 is 2.17 bits per heavy atom. The van der Waals surface area contributed by atoms with Gasteiger partial charge in [-0.1, -0.05) is 13.8 Å². The van der Waals surface area contributed by atoms with Crippen molar-refractivity contribution in [1.29, 1.82) is 0 Å². The predicted molar refractivity (Wildman–Crippen MR) is 75.4 cm³/mol. The number of alkyl halides is 2. The van der Waals surface area contributed by atoms with Crippen LogP contribution in [0.15, 0.2) is 0 Å². The highest BCUT2D eigenvalue weighted by Gasteiger charge is 2.62. The van der Waals surface area contributed by atoms with Gasteiger partial charge in [0.25, 0.3) is 0 Å². The first-order chi connectivity index (χ1) is 10.4. The van der Waals surface area contributed by atoms with E-state index in [9.17, 15) is 26.5 Å². The Morgan fingerprint density at radius 1 is 1.22 bits per heavy atom. The second-order valence-electron chi connectivity index (χ2n) is 8.02. The molecular formula is C15H21F2O5S-. The van der Waals surface area contributed by atoms with Crippen LogP contribution in [-0.2, 0) is 19.6 Å². The van der Waals surface area contributed by atoms with Crippen LogP contribution in [0.1, 0.15) is 52.4 Å². The predicted octanol–water partition coefficient (Wildman–Crippen LogP) is 2.66. The summed E-state index contributed by atoms with van der Waals surface area (Å²) < 4.78 is 64.0. The van der Waals surface area contributed by atoms with Gasteiger partial charge in [0.05, 0.1) is 0 Å². The van der Waals surface area contributed by atoms with Gasteiger partial charge in [0.1, 0.15) is 5.60 Å². The van der Waals surface area contributed by atoms with E-state index in [1.165, 1.54) is 0 Å². The Balaban J connectivity index is 1.87. The Kier molecular flexibility index (Phi) is 3.62. The van der Waals surface area contributed by atoms with Crippen LogP contribution in [0.25, 0.3) is 0 Å². The highest BCUT2D eigenvalue weighted by Crippen LogP contribution is 2.65. The molecule has 0 radical (unpaired) electrons. The molecule has 0 aromatic heterocycles. The molecule has 4 saturated carbocycles. The van der Waals surface area contributed by atoms with Gasteiger partial charge in [-0.25, -0.2) is 13.2 Å². The maximum Gasteiger partial charge on any atom is 0.428 e. The number of ether oxygens (including phenoxy) is 1. The lowest BCUT2D eigenvalue weighted by Gasteiger charge is -2.62. The molecule has 0 heterocycles. The molecule has 0 saturated heterocycles. The van der Waals surface area contributed by atoms with Crippen LogP contribution in [-0.4, -0.2) is 29.8 Å². The van der Waals surface area contributed by atoms with Gasteiger partial charge in [-0.2, -0.15) is 8.78 Å². The lowest BCUT2D eigenvalue weighted by Crippen LogP contribution is -2.60. The minimum atomic E-state index is -6.07. The van der Waals surface area contributed by atoms with Crippen molar-refractivity contribution < 1.29 is 31.3 Å². The van der Waals surface area contributed by atoms with E-state index in [1.807, 2.05) is 0 Å². The average Bonchev–Trinajstić information content (AvgIpc) is 2.34. The first kappa shape index (κ1) is 17.1. The molecule has 0 N–H and O–H groups in total. The Bertz CT molecular complexity index is 614. The van der Waals surface area contributed by atoms with Crippen LogP contribution < -0.4 is 0 Å². The highest BCUT2D eigenvalue weighted by molar-refractivity contribution is 7.87. The zero-order valence-electron chi connectivity index (χ0n) is 13.2. The first-order valence-corrected chi connectivity index (χ1v) is 9.37. The number of halogens is 2. The first-order valence-electron chi connectivity index (χ1n) is 7.96. The van der Waals surface area contributed by atoms with Crippen molar-refractivity contribution in [3.8, 4) is 0 Å². The topological polar surface area (TPSA) is 83.5 Å². The number of carbonyl (C=O) groups is 1. The third-order valence-electron chi connectivity index (χ3n) is 6.14. The number of esters is 1. The third-order valence-corrected chi connectivity index (χ3v) is 6.93. The van der Waals surface area contributed by atoms with Crippen LogP contribution in [0, 0.1) is 23.2 Å². The quantitative estimate of drug-likeness (QED) is 0.574. The number of carbonyl (C=O) groups excluding carboxylic acids is 1. The van der Waals surface area contributed by atoms with Crippen molar-refractivity contribution in [2.75, 3.05) is 0 Å². The average molecular weight is 351 g/mol. The normalized spacial score (nSPS) is 39.7. The molecule has 23 heavy (non-hydrogen) atoms. The van der Waals surface area contributed by atoms with Gasteiger partial charge in [0.2, 0.25) is 0 Å². The second kappa shape index (κ2) is 4.88. The number of rotatable bonds is 4. The maximum atomic E-state index is 13.5. The van der Waals surface area contributed by atoms with E-state index < -0.39 is 26.9 Å². The summed E-state index contributed by atoms with van der Waals surface area (Å²) in [6, 6.07) is 0. The Labute approximate surface area is 134 Å². The summed E-state index contributed by atoms with van der Waals surface area (Å²) in [6.45, 7) is 4.17. The summed E-state index contributed by atoms with van der Waals surface area (Å²) in [5.74, 6) is -1.27. The molecule has 0 amide bonds. The summed E-state index contributed by atoms with van der Waals surface area (Å²) in [4.78, 5) is 11.7. The zero-order valence-corrected chi connectivity index (χ0v) is 14.0. The van der Waals surface area contributed by atoms with Gasteiger partial charge in [-0.15, -0.1) is 0 Å². The molecule has 4 aliphatic carbocycles. The molecule has 4 fully saturated rings. The third kappa shape index (κ3) is 2.58. The van der Waals surface area contributed by atoms with Crippen molar-refractivity contribution in [2.45, 2.75) is 63.2 Å². The van der Waals surface area contributed by atoms with Crippen molar-refractivity contribution in [3.05, 3.63) is 0 Å². The lowest BCUT2D eigenvalue weighted by molar-refractivity contribution is -0.219. The molecule has 132 valence electrons. The van der Waals surface area contributed by atoms with E-state index >= 15 is 0 Å². The molecule has 0 aromatic carbocycles. The monoisotopic (exact) mass is 351 g/mol. The lowest BCUT2D eigenvalue weighted by atomic mass is 9.45. The Morgan fingerprint density at radius 2 is 1.74 bits per heavy atom. The number of hydrogen-bond acceptors (Lipinski definition) is 5. The van der Waals surface area contributed by atoms with Gasteiger partial charge in [0.15, 0.2) is 10.1 Å². The summed E-state index contributed by atoms with van der Waals surface area (Å²) in [6.07, 6.45) is 4.44. The molecule has 2 atom stereocenters. The molecule has 8 heteroatoms. The molecule has 4 bridgehead atoms. The fourth-order valence-electron chi connectivity index (χ4n) is 5.40. The van der Waals surface area contributed by atoms with Crippen molar-refractivity contribution in [3.63, 3.8) is 0 Å². The van der Waals surface area contributed by atoms with Gasteiger partial charge in [0, 0.05) is 0 Å². The highest BCUT2D eigenvalue weighted by atomic mass is 32.2.